The van der Waals surface area contributed by atoms with Crippen molar-refractivity contribution in [2.24, 2.45) is 0 Å². The van der Waals surface area contributed by atoms with E-state index < -0.39 is 12.1 Å². The molecular weight excluding hydrogens is 412 g/mol. The number of carboxylic acids is 1. The van der Waals surface area contributed by atoms with Gasteiger partial charge in [0.25, 0.3) is 5.97 Å². The maximum atomic E-state index is 11.6. The van der Waals surface area contributed by atoms with Crippen molar-refractivity contribution in [1.82, 2.24) is 0 Å². The van der Waals surface area contributed by atoms with E-state index in [4.69, 9.17) is 31.0 Å². The molecule has 0 aromatic heterocycles. The molecule has 3 N–H and O–H groups in total. The van der Waals surface area contributed by atoms with E-state index in [1.165, 1.54) is 13.0 Å². The summed E-state index contributed by atoms with van der Waals surface area (Å²) in [4.78, 5) is 20.6. The SMILES string of the molecule is CC(=O)O.CCCc1c(OCC(O)COc2ccccc2Cl)ccc(C(C)=O)c1O. The number of aliphatic hydroxyl groups is 1. The molecule has 0 bridgehead atoms. The molecular formula is C22H27ClO7. The minimum Gasteiger partial charge on any atom is -0.507 e. The minimum absolute atomic E-state index is 0.0139. The summed E-state index contributed by atoms with van der Waals surface area (Å²) < 4.78 is 11.1. The minimum atomic E-state index is -0.879. The second-order valence-electron chi connectivity index (χ2n) is 6.47. The maximum absolute atomic E-state index is 11.6. The number of rotatable bonds is 9. The van der Waals surface area contributed by atoms with Crippen LogP contribution >= 0.6 is 11.6 Å². The summed E-state index contributed by atoms with van der Waals surface area (Å²) in [6.07, 6.45) is 0.466. The number of halogens is 1. The van der Waals surface area contributed by atoms with E-state index >= 15 is 0 Å². The quantitative estimate of drug-likeness (QED) is 0.505. The third kappa shape index (κ3) is 8.31. The van der Waals surface area contributed by atoms with Gasteiger partial charge in [-0.05, 0) is 37.6 Å². The summed E-state index contributed by atoms with van der Waals surface area (Å²) in [6.45, 7) is 4.46. The first-order chi connectivity index (χ1) is 14.2. The molecule has 0 aliphatic heterocycles. The van der Waals surface area contributed by atoms with Gasteiger partial charge in [0.1, 0.15) is 36.6 Å². The molecule has 1 unspecified atom stereocenters. The van der Waals surface area contributed by atoms with Crippen molar-refractivity contribution < 1.29 is 34.4 Å². The molecule has 0 heterocycles. The summed E-state index contributed by atoms with van der Waals surface area (Å²) in [5.41, 5.74) is 0.836. The van der Waals surface area contributed by atoms with Crippen molar-refractivity contribution in [2.75, 3.05) is 13.2 Å². The zero-order chi connectivity index (χ0) is 22.7. The number of benzene rings is 2. The summed E-state index contributed by atoms with van der Waals surface area (Å²) in [5, 5.41) is 28.3. The molecule has 0 aliphatic carbocycles. The molecule has 30 heavy (non-hydrogen) atoms. The predicted molar refractivity (Wildman–Crippen MR) is 114 cm³/mol. The third-order valence-corrected chi connectivity index (χ3v) is 4.13. The van der Waals surface area contributed by atoms with E-state index in [2.05, 4.69) is 0 Å². The Labute approximate surface area is 180 Å². The Morgan fingerprint density at radius 1 is 1.03 bits per heavy atom. The Kier molecular flexibility index (Phi) is 10.7. The Hall–Kier alpha value is -2.77. The molecule has 2 rings (SSSR count). The lowest BCUT2D eigenvalue weighted by atomic mass is 10.0. The van der Waals surface area contributed by atoms with Crippen LogP contribution in [0.25, 0.3) is 0 Å². The van der Waals surface area contributed by atoms with E-state index in [1.807, 2.05) is 6.92 Å². The number of carbonyl (C=O) groups excluding carboxylic acids is 1. The van der Waals surface area contributed by atoms with Gasteiger partial charge in [-0.3, -0.25) is 9.59 Å². The van der Waals surface area contributed by atoms with Crippen LogP contribution in [0.2, 0.25) is 5.02 Å². The van der Waals surface area contributed by atoms with Crippen molar-refractivity contribution in [2.45, 2.75) is 39.7 Å². The van der Waals surface area contributed by atoms with Crippen molar-refractivity contribution in [3.8, 4) is 17.2 Å². The average molecular weight is 439 g/mol. The van der Waals surface area contributed by atoms with Crippen LogP contribution in [-0.2, 0) is 11.2 Å². The maximum Gasteiger partial charge on any atom is 0.300 e. The second-order valence-corrected chi connectivity index (χ2v) is 6.88. The number of ether oxygens (including phenoxy) is 2. The molecule has 0 fully saturated rings. The zero-order valence-corrected chi connectivity index (χ0v) is 18.0. The Morgan fingerprint density at radius 2 is 1.60 bits per heavy atom. The van der Waals surface area contributed by atoms with Crippen LogP contribution in [-0.4, -0.2) is 46.4 Å². The van der Waals surface area contributed by atoms with E-state index in [9.17, 15) is 15.0 Å². The van der Waals surface area contributed by atoms with Gasteiger partial charge in [-0.1, -0.05) is 37.1 Å². The molecule has 8 heteroatoms. The van der Waals surface area contributed by atoms with Gasteiger partial charge in [-0.2, -0.15) is 0 Å². The largest absolute Gasteiger partial charge is 0.507 e. The lowest BCUT2D eigenvalue weighted by molar-refractivity contribution is -0.134. The fourth-order valence-electron chi connectivity index (χ4n) is 2.51. The number of aromatic hydroxyl groups is 1. The summed E-state index contributed by atoms with van der Waals surface area (Å²) in [7, 11) is 0. The lowest BCUT2D eigenvalue weighted by Crippen LogP contribution is -2.25. The third-order valence-electron chi connectivity index (χ3n) is 3.82. The average Bonchev–Trinajstić information content (AvgIpc) is 2.67. The van der Waals surface area contributed by atoms with E-state index in [0.717, 1.165) is 13.3 Å². The molecule has 0 saturated carbocycles. The van der Waals surface area contributed by atoms with Gasteiger partial charge < -0.3 is 24.8 Å². The molecule has 164 valence electrons. The fourth-order valence-corrected chi connectivity index (χ4v) is 2.70. The first-order valence-electron chi connectivity index (χ1n) is 9.40. The molecule has 0 saturated heterocycles. The highest BCUT2D eigenvalue weighted by Crippen LogP contribution is 2.33. The summed E-state index contributed by atoms with van der Waals surface area (Å²) in [6, 6.07) is 10.2. The molecule has 0 radical (unpaired) electrons. The topological polar surface area (TPSA) is 113 Å². The molecule has 2 aromatic rings. The Morgan fingerprint density at radius 3 is 2.13 bits per heavy atom. The lowest BCUT2D eigenvalue weighted by Gasteiger charge is -2.17. The molecule has 0 spiro atoms. The molecule has 7 nitrogen and oxygen atoms in total. The van der Waals surface area contributed by atoms with Gasteiger partial charge >= 0.3 is 0 Å². The van der Waals surface area contributed by atoms with Crippen LogP contribution in [0.1, 0.15) is 43.1 Å². The number of aliphatic carboxylic acids is 1. The van der Waals surface area contributed by atoms with Crippen molar-refractivity contribution >= 4 is 23.4 Å². The summed E-state index contributed by atoms with van der Waals surface area (Å²) in [5.74, 6) is -0.160. The molecule has 1 atom stereocenters. The fraction of sp³-hybridized carbons (Fsp3) is 0.364. The highest BCUT2D eigenvalue weighted by molar-refractivity contribution is 6.32. The molecule has 0 amide bonds. The van der Waals surface area contributed by atoms with Gasteiger partial charge in [0.05, 0.1) is 10.6 Å². The van der Waals surface area contributed by atoms with Gasteiger partial charge in [0.2, 0.25) is 0 Å². The molecule has 0 aliphatic rings. The smallest absolute Gasteiger partial charge is 0.300 e. The number of phenolic OH excluding ortho intramolecular Hbond substituents is 1. The van der Waals surface area contributed by atoms with Crippen LogP contribution in [0.4, 0.5) is 0 Å². The highest BCUT2D eigenvalue weighted by Gasteiger charge is 2.17. The standard InChI is InChI=1S/C20H23ClO5.C2H4O2/c1-3-6-16-18(10-9-15(13(2)22)20(16)24)25-11-14(23)12-26-19-8-5-4-7-17(19)21;1-2(3)4/h4-5,7-10,14,23-24H,3,6,11-12H2,1-2H3;1H3,(H,3,4). The summed E-state index contributed by atoms with van der Waals surface area (Å²) >= 11 is 6.00. The van der Waals surface area contributed by atoms with Gasteiger partial charge in [-0.15, -0.1) is 0 Å². The first-order valence-corrected chi connectivity index (χ1v) is 9.78. The number of para-hydroxylation sites is 1. The van der Waals surface area contributed by atoms with Crippen LogP contribution in [0.15, 0.2) is 36.4 Å². The zero-order valence-electron chi connectivity index (χ0n) is 17.2. The highest BCUT2D eigenvalue weighted by atomic mass is 35.5. The monoisotopic (exact) mass is 438 g/mol. The first kappa shape index (κ1) is 25.3. The predicted octanol–water partition coefficient (Wildman–Crippen LogP) is 4.11. The van der Waals surface area contributed by atoms with E-state index in [-0.39, 0.29) is 30.3 Å². The number of hydrogen-bond donors (Lipinski definition) is 3. The second kappa shape index (κ2) is 12.7. The Bertz CT molecular complexity index is 847. The van der Waals surface area contributed by atoms with Crippen LogP contribution in [0.3, 0.4) is 0 Å². The number of hydrogen-bond acceptors (Lipinski definition) is 6. The van der Waals surface area contributed by atoms with Crippen LogP contribution in [0, 0.1) is 0 Å². The molecule has 2 aromatic carbocycles. The van der Waals surface area contributed by atoms with Crippen LogP contribution < -0.4 is 9.47 Å². The van der Waals surface area contributed by atoms with Crippen molar-refractivity contribution in [3.63, 3.8) is 0 Å². The van der Waals surface area contributed by atoms with Gasteiger partial charge in [0.15, 0.2) is 5.78 Å². The van der Waals surface area contributed by atoms with Crippen molar-refractivity contribution in [3.05, 3.63) is 52.5 Å². The number of ketones is 1. The number of Topliss-reactive ketones (excluding diaryl/α,β-unsaturated/α-hetero) is 1. The van der Waals surface area contributed by atoms with E-state index in [1.54, 1.807) is 30.3 Å². The van der Waals surface area contributed by atoms with Gasteiger partial charge in [0, 0.05) is 12.5 Å². The number of aliphatic hydroxyl groups excluding tert-OH is 1. The number of carboxylic acid groups (broad SMARTS) is 1. The number of carbonyl (C=O) groups is 2. The number of phenols is 1. The Balaban J connectivity index is 0.00000103. The normalized spacial score (nSPS) is 11.1. The van der Waals surface area contributed by atoms with Gasteiger partial charge in [-0.25, -0.2) is 0 Å². The van der Waals surface area contributed by atoms with E-state index in [0.29, 0.717) is 28.5 Å². The van der Waals surface area contributed by atoms with Crippen molar-refractivity contribution in [1.29, 1.82) is 0 Å². The van der Waals surface area contributed by atoms with Crippen LogP contribution in [0.5, 0.6) is 17.2 Å².